The van der Waals surface area contributed by atoms with Crippen LogP contribution >= 0.6 is 0 Å². The fraction of sp³-hybridized carbons (Fsp3) is 0.765. The Kier molecular flexibility index (Phi) is 8.71. The van der Waals surface area contributed by atoms with E-state index in [4.69, 9.17) is 4.74 Å². The number of unbranched alkanes of at least 4 members (excludes halogenated alkanes) is 7. The van der Waals surface area contributed by atoms with Gasteiger partial charge in [0.15, 0.2) is 0 Å². The minimum atomic E-state index is 0.910. The summed E-state index contributed by atoms with van der Waals surface area (Å²) in [5, 5.41) is 0. The van der Waals surface area contributed by atoms with Gasteiger partial charge in [0.1, 0.15) is 0 Å². The predicted octanol–water partition coefficient (Wildman–Crippen LogP) is 5.77. The first kappa shape index (κ1) is 15.3. The van der Waals surface area contributed by atoms with Crippen LogP contribution in [0.5, 0.6) is 0 Å². The first-order chi connectivity index (χ1) is 8.83. The molecule has 0 aromatic carbocycles. The molecule has 104 valence electrons. The summed E-state index contributed by atoms with van der Waals surface area (Å²) in [6.45, 7) is 5.37. The lowest BCUT2D eigenvalue weighted by atomic mass is 10.1. The molecule has 1 rings (SSSR count). The lowest BCUT2D eigenvalue weighted by molar-refractivity contribution is 0.194. The van der Waals surface area contributed by atoms with Crippen molar-refractivity contribution in [2.45, 2.75) is 78.1 Å². The molecule has 0 saturated carbocycles. The highest BCUT2D eigenvalue weighted by molar-refractivity contribution is 5.19. The fourth-order valence-electron chi connectivity index (χ4n) is 2.28. The minimum Gasteiger partial charge on any atom is -0.498 e. The van der Waals surface area contributed by atoms with Crippen LogP contribution in [0.1, 0.15) is 78.1 Å². The lowest BCUT2D eigenvalue weighted by Gasteiger charge is -2.13. The summed E-state index contributed by atoms with van der Waals surface area (Å²) in [5.41, 5.74) is 1.47. The third kappa shape index (κ3) is 7.58. The van der Waals surface area contributed by atoms with Gasteiger partial charge in [-0.25, -0.2) is 0 Å². The van der Waals surface area contributed by atoms with Crippen LogP contribution in [0, 0.1) is 0 Å². The number of allylic oxidation sites excluding steroid dienone is 4. The molecule has 1 aliphatic rings. The zero-order chi connectivity index (χ0) is 13.1. The molecule has 0 aromatic rings. The van der Waals surface area contributed by atoms with E-state index in [0.717, 1.165) is 13.0 Å². The SMILES string of the molecule is CCCCCCCCCCOC1=CC=C(C)CC1. The summed E-state index contributed by atoms with van der Waals surface area (Å²) in [7, 11) is 0. The molecule has 0 unspecified atom stereocenters. The number of ether oxygens (including phenoxy) is 1. The van der Waals surface area contributed by atoms with Crippen molar-refractivity contribution < 1.29 is 4.74 Å². The van der Waals surface area contributed by atoms with Crippen molar-refractivity contribution in [1.82, 2.24) is 0 Å². The van der Waals surface area contributed by atoms with Crippen LogP contribution in [0.25, 0.3) is 0 Å². The van der Waals surface area contributed by atoms with Gasteiger partial charge in [-0.3, -0.25) is 0 Å². The minimum absolute atomic E-state index is 0.910. The predicted molar refractivity (Wildman–Crippen MR) is 79.6 cm³/mol. The van der Waals surface area contributed by atoms with Gasteiger partial charge >= 0.3 is 0 Å². The summed E-state index contributed by atoms with van der Waals surface area (Å²) in [4.78, 5) is 0. The Hall–Kier alpha value is -0.720. The van der Waals surface area contributed by atoms with Crippen molar-refractivity contribution in [3.05, 3.63) is 23.5 Å². The van der Waals surface area contributed by atoms with Crippen LogP contribution in [0.3, 0.4) is 0 Å². The van der Waals surface area contributed by atoms with E-state index in [1.54, 1.807) is 0 Å². The molecule has 0 atom stereocenters. The van der Waals surface area contributed by atoms with E-state index < -0.39 is 0 Å². The lowest BCUT2D eigenvalue weighted by Crippen LogP contribution is -1.98. The third-order valence-corrected chi connectivity index (χ3v) is 3.60. The molecule has 0 radical (unpaired) electrons. The highest BCUT2D eigenvalue weighted by atomic mass is 16.5. The number of rotatable bonds is 10. The van der Waals surface area contributed by atoms with Crippen molar-refractivity contribution >= 4 is 0 Å². The molecule has 0 spiro atoms. The second-order valence-electron chi connectivity index (χ2n) is 5.47. The second kappa shape index (κ2) is 10.2. The number of hydrogen-bond acceptors (Lipinski definition) is 1. The molecule has 0 aliphatic heterocycles. The molecule has 0 bridgehead atoms. The van der Waals surface area contributed by atoms with Gasteiger partial charge in [-0.05, 0) is 25.8 Å². The molecule has 0 aromatic heterocycles. The molecular weight excluding hydrogens is 220 g/mol. The largest absolute Gasteiger partial charge is 0.498 e. The second-order valence-corrected chi connectivity index (χ2v) is 5.47. The van der Waals surface area contributed by atoms with E-state index >= 15 is 0 Å². The maximum atomic E-state index is 5.79. The Morgan fingerprint density at radius 2 is 1.56 bits per heavy atom. The summed E-state index contributed by atoms with van der Waals surface area (Å²) >= 11 is 0. The first-order valence-electron chi connectivity index (χ1n) is 7.82. The van der Waals surface area contributed by atoms with Gasteiger partial charge in [-0.15, -0.1) is 0 Å². The van der Waals surface area contributed by atoms with Crippen LogP contribution in [0.15, 0.2) is 23.5 Å². The third-order valence-electron chi connectivity index (χ3n) is 3.60. The van der Waals surface area contributed by atoms with Crippen LogP contribution in [0.2, 0.25) is 0 Å². The Labute approximate surface area is 113 Å². The molecule has 0 N–H and O–H groups in total. The quantitative estimate of drug-likeness (QED) is 0.447. The standard InChI is InChI=1S/C17H30O/c1-3-4-5-6-7-8-9-10-15-18-17-13-11-16(2)12-14-17/h11,13H,3-10,12,14-15H2,1-2H3. The average Bonchev–Trinajstić information content (AvgIpc) is 2.39. The van der Waals surface area contributed by atoms with E-state index in [0.29, 0.717) is 0 Å². The molecule has 1 aliphatic carbocycles. The Morgan fingerprint density at radius 3 is 2.17 bits per heavy atom. The van der Waals surface area contributed by atoms with Crippen molar-refractivity contribution in [2.24, 2.45) is 0 Å². The van der Waals surface area contributed by atoms with E-state index in [1.165, 1.54) is 69.1 Å². The van der Waals surface area contributed by atoms with Crippen molar-refractivity contribution in [3.63, 3.8) is 0 Å². The maximum absolute atomic E-state index is 5.79. The van der Waals surface area contributed by atoms with Gasteiger partial charge in [0, 0.05) is 6.42 Å². The van der Waals surface area contributed by atoms with Gasteiger partial charge in [0.25, 0.3) is 0 Å². The molecule has 0 heterocycles. The van der Waals surface area contributed by atoms with Gasteiger partial charge in [-0.1, -0.05) is 63.5 Å². The van der Waals surface area contributed by atoms with E-state index in [-0.39, 0.29) is 0 Å². The van der Waals surface area contributed by atoms with E-state index in [1.807, 2.05) is 0 Å². The fourth-order valence-corrected chi connectivity index (χ4v) is 2.28. The van der Waals surface area contributed by atoms with Gasteiger partial charge < -0.3 is 4.74 Å². The molecule has 0 saturated heterocycles. The molecule has 1 heteroatoms. The molecule has 0 fully saturated rings. The maximum Gasteiger partial charge on any atom is 0.0962 e. The smallest absolute Gasteiger partial charge is 0.0962 e. The summed E-state index contributed by atoms with van der Waals surface area (Å²) in [6.07, 6.45) is 17.5. The monoisotopic (exact) mass is 250 g/mol. The van der Waals surface area contributed by atoms with Crippen molar-refractivity contribution in [3.8, 4) is 0 Å². The van der Waals surface area contributed by atoms with Crippen LogP contribution in [-0.4, -0.2) is 6.61 Å². The topological polar surface area (TPSA) is 9.23 Å². The highest BCUT2D eigenvalue weighted by Crippen LogP contribution is 2.19. The van der Waals surface area contributed by atoms with E-state index in [2.05, 4.69) is 26.0 Å². The zero-order valence-electron chi connectivity index (χ0n) is 12.3. The summed E-state index contributed by atoms with van der Waals surface area (Å²) in [6, 6.07) is 0. The van der Waals surface area contributed by atoms with Gasteiger partial charge in [0.2, 0.25) is 0 Å². The molecule has 0 amide bonds. The van der Waals surface area contributed by atoms with Crippen LogP contribution in [0.4, 0.5) is 0 Å². The van der Waals surface area contributed by atoms with Gasteiger partial charge in [0.05, 0.1) is 12.4 Å². The van der Waals surface area contributed by atoms with Crippen molar-refractivity contribution in [2.75, 3.05) is 6.61 Å². The summed E-state index contributed by atoms with van der Waals surface area (Å²) < 4.78 is 5.79. The normalized spacial score (nSPS) is 15.2. The Morgan fingerprint density at radius 1 is 0.889 bits per heavy atom. The van der Waals surface area contributed by atoms with Crippen LogP contribution < -0.4 is 0 Å². The summed E-state index contributed by atoms with van der Waals surface area (Å²) in [5.74, 6) is 1.18. The zero-order valence-corrected chi connectivity index (χ0v) is 12.3. The number of hydrogen-bond donors (Lipinski definition) is 0. The first-order valence-corrected chi connectivity index (χ1v) is 7.82. The van der Waals surface area contributed by atoms with Crippen molar-refractivity contribution in [1.29, 1.82) is 0 Å². The molecule has 18 heavy (non-hydrogen) atoms. The molecule has 1 nitrogen and oxygen atoms in total. The molecular formula is C17H30O. The Bertz CT molecular complexity index is 263. The Balaban J connectivity index is 1.87. The van der Waals surface area contributed by atoms with Crippen LogP contribution in [-0.2, 0) is 4.74 Å². The average molecular weight is 250 g/mol. The van der Waals surface area contributed by atoms with Gasteiger partial charge in [-0.2, -0.15) is 0 Å². The van der Waals surface area contributed by atoms with E-state index in [9.17, 15) is 0 Å². The highest BCUT2D eigenvalue weighted by Gasteiger charge is 2.03.